The van der Waals surface area contributed by atoms with Gasteiger partial charge in [0, 0.05) is 51.8 Å². The van der Waals surface area contributed by atoms with Crippen molar-refractivity contribution in [1.29, 1.82) is 0 Å². The number of benzene rings is 1. The van der Waals surface area contributed by atoms with Crippen LogP contribution in [0.4, 0.5) is 11.5 Å². The third kappa shape index (κ3) is 7.73. The number of anilines is 2. The van der Waals surface area contributed by atoms with Crippen LogP contribution in [0.1, 0.15) is 36.5 Å². The lowest BCUT2D eigenvalue weighted by atomic mass is 10.1. The Labute approximate surface area is 199 Å². The second kappa shape index (κ2) is 13.2. The third-order valence-electron chi connectivity index (χ3n) is 5.48. The van der Waals surface area contributed by atoms with Gasteiger partial charge in [0.05, 0.1) is 17.3 Å². The summed E-state index contributed by atoms with van der Waals surface area (Å²) in [7, 11) is 3.07. The van der Waals surface area contributed by atoms with Gasteiger partial charge in [-0.1, -0.05) is 18.5 Å². The first-order valence-corrected chi connectivity index (χ1v) is 11.6. The molecular formula is C23H34ClN5O4. The fraction of sp³-hybridized carbons (Fsp3) is 0.522. The molecule has 0 bridgehead atoms. The molecule has 0 radical (unpaired) electrons. The van der Waals surface area contributed by atoms with Crippen molar-refractivity contribution in [2.45, 2.75) is 26.2 Å². The largest absolute Gasteiger partial charge is 0.395 e. The number of halogens is 1. The number of ketones is 1. The molecule has 0 unspecified atom stereocenters. The zero-order valence-corrected chi connectivity index (χ0v) is 20.3. The lowest BCUT2D eigenvalue weighted by molar-refractivity contribution is 0.0988. The van der Waals surface area contributed by atoms with Gasteiger partial charge >= 0.3 is 5.69 Å². The zero-order valence-electron chi connectivity index (χ0n) is 19.6. The van der Waals surface area contributed by atoms with Gasteiger partial charge in [-0.15, -0.1) is 0 Å². The molecule has 0 saturated carbocycles. The fourth-order valence-corrected chi connectivity index (χ4v) is 3.71. The van der Waals surface area contributed by atoms with Crippen LogP contribution in [-0.2, 0) is 14.1 Å². The Hall–Kier alpha value is -2.62. The monoisotopic (exact) mass is 479 g/mol. The molecule has 0 aliphatic rings. The number of hydrogen-bond donors (Lipinski definition) is 3. The average molecular weight is 480 g/mol. The van der Waals surface area contributed by atoms with Gasteiger partial charge in [0.1, 0.15) is 5.82 Å². The van der Waals surface area contributed by atoms with Crippen LogP contribution in [-0.4, -0.2) is 64.3 Å². The van der Waals surface area contributed by atoms with Gasteiger partial charge in [-0.25, -0.2) is 4.79 Å². The number of carbonyl (C=O) groups excluding carboxylic acids is 1. The predicted octanol–water partition coefficient (Wildman–Crippen LogP) is 1.93. The maximum Gasteiger partial charge on any atom is 0.332 e. The van der Waals surface area contributed by atoms with Crippen LogP contribution >= 0.6 is 11.6 Å². The molecule has 0 saturated heterocycles. The molecular weight excluding hydrogens is 446 g/mol. The van der Waals surface area contributed by atoms with E-state index in [2.05, 4.69) is 15.5 Å². The molecule has 1 heterocycles. The lowest BCUT2D eigenvalue weighted by Crippen LogP contribution is -2.37. The van der Waals surface area contributed by atoms with Gasteiger partial charge < -0.3 is 20.6 Å². The molecule has 33 heavy (non-hydrogen) atoms. The van der Waals surface area contributed by atoms with E-state index in [0.717, 1.165) is 36.2 Å². The van der Waals surface area contributed by atoms with Crippen LogP contribution in [0.15, 0.2) is 33.9 Å². The highest BCUT2D eigenvalue weighted by molar-refractivity contribution is 6.33. The summed E-state index contributed by atoms with van der Waals surface area (Å²) in [4.78, 5) is 37.7. The van der Waals surface area contributed by atoms with Crippen molar-refractivity contribution in [1.82, 2.24) is 14.0 Å². The minimum atomic E-state index is -0.369. The maximum absolute atomic E-state index is 12.0. The van der Waals surface area contributed by atoms with E-state index in [9.17, 15) is 19.5 Å². The van der Waals surface area contributed by atoms with Crippen LogP contribution in [0.3, 0.4) is 0 Å². The van der Waals surface area contributed by atoms with Gasteiger partial charge in [0.25, 0.3) is 5.56 Å². The van der Waals surface area contributed by atoms with Gasteiger partial charge in [0.2, 0.25) is 0 Å². The summed E-state index contributed by atoms with van der Waals surface area (Å²) in [6, 6.07) is 6.71. The van der Waals surface area contributed by atoms with Crippen LogP contribution in [0.2, 0.25) is 5.02 Å². The van der Waals surface area contributed by atoms with E-state index in [1.165, 1.54) is 17.7 Å². The quantitative estimate of drug-likeness (QED) is 0.280. The highest BCUT2D eigenvalue weighted by atomic mass is 35.5. The Morgan fingerprint density at radius 2 is 1.70 bits per heavy atom. The van der Waals surface area contributed by atoms with E-state index >= 15 is 0 Å². The molecule has 1 aromatic heterocycles. The Morgan fingerprint density at radius 1 is 1.03 bits per heavy atom. The molecule has 3 N–H and O–H groups in total. The van der Waals surface area contributed by atoms with Crippen molar-refractivity contribution in [3.8, 4) is 0 Å². The molecule has 0 fully saturated rings. The Bertz CT molecular complexity index is 1050. The minimum Gasteiger partial charge on any atom is -0.395 e. The van der Waals surface area contributed by atoms with E-state index in [-0.39, 0.29) is 23.6 Å². The second-order valence-electron chi connectivity index (χ2n) is 7.87. The van der Waals surface area contributed by atoms with Crippen molar-refractivity contribution < 1.29 is 9.90 Å². The first kappa shape index (κ1) is 26.6. The lowest BCUT2D eigenvalue weighted by Gasteiger charge is -2.22. The Morgan fingerprint density at radius 3 is 2.30 bits per heavy atom. The summed E-state index contributed by atoms with van der Waals surface area (Å²) in [5, 5.41) is 16.3. The third-order valence-corrected chi connectivity index (χ3v) is 5.79. The highest BCUT2D eigenvalue weighted by Gasteiger charge is 2.09. The first-order chi connectivity index (χ1) is 15.8. The van der Waals surface area contributed by atoms with Crippen LogP contribution in [0.25, 0.3) is 0 Å². The van der Waals surface area contributed by atoms with Crippen LogP contribution in [0, 0.1) is 0 Å². The number of carbonyl (C=O) groups is 1. The number of aliphatic hydroxyl groups excluding tert-OH is 1. The molecule has 2 rings (SSSR count). The molecule has 0 spiro atoms. The highest BCUT2D eigenvalue weighted by Crippen LogP contribution is 2.23. The van der Waals surface area contributed by atoms with Gasteiger partial charge in [-0.2, -0.15) is 0 Å². The Kier molecular flexibility index (Phi) is 10.6. The first-order valence-electron chi connectivity index (χ1n) is 11.2. The van der Waals surface area contributed by atoms with Crippen molar-refractivity contribution in [2.75, 3.05) is 50.0 Å². The van der Waals surface area contributed by atoms with Crippen molar-refractivity contribution in [2.24, 2.45) is 14.1 Å². The van der Waals surface area contributed by atoms with E-state index in [4.69, 9.17) is 11.6 Å². The summed E-state index contributed by atoms with van der Waals surface area (Å²) in [6.45, 7) is 5.32. The maximum atomic E-state index is 12.0. The van der Waals surface area contributed by atoms with Gasteiger partial charge in [0.15, 0.2) is 5.78 Å². The molecule has 9 nitrogen and oxygen atoms in total. The summed E-state index contributed by atoms with van der Waals surface area (Å²) >= 11 is 6.29. The Balaban J connectivity index is 1.77. The topological polar surface area (TPSA) is 109 Å². The SMILES string of the molecule is CCC(=O)c1ccc(NCCCN(CCO)CCCNc2cc(=O)n(C)c(=O)n2C)c(Cl)c1. The van der Waals surface area contributed by atoms with Crippen molar-refractivity contribution in [3.63, 3.8) is 0 Å². The van der Waals surface area contributed by atoms with Crippen LogP contribution in [0.5, 0.6) is 0 Å². The summed E-state index contributed by atoms with van der Waals surface area (Å²) in [5.74, 6) is 0.555. The fourth-order valence-electron chi connectivity index (χ4n) is 3.46. The number of rotatable bonds is 14. The van der Waals surface area contributed by atoms with Gasteiger partial charge in [-0.05, 0) is 44.1 Å². The van der Waals surface area contributed by atoms with Gasteiger partial charge in [-0.3, -0.25) is 18.7 Å². The zero-order chi connectivity index (χ0) is 24.4. The normalized spacial score (nSPS) is 11.1. The molecule has 2 aromatic rings. The molecule has 0 aliphatic heterocycles. The predicted molar refractivity (Wildman–Crippen MR) is 133 cm³/mol. The molecule has 10 heteroatoms. The molecule has 0 aliphatic carbocycles. The summed E-state index contributed by atoms with van der Waals surface area (Å²) in [5.41, 5.74) is 0.696. The smallest absolute Gasteiger partial charge is 0.332 e. The van der Waals surface area contributed by atoms with Crippen molar-refractivity contribution >= 4 is 28.9 Å². The van der Waals surface area contributed by atoms with E-state index in [0.29, 0.717) is 42.5 Å². The number of nitrogens with one attached hydrogen (secondary N) is 2. The van der Waals surface area contributed by atoms with E-state index in [1.807, 2.05) is 13.0 Å². The molecule has 0 atom stereocenters. The molecule has 0 amide bonds. The summed E-state index contributed by atoms with van der Waals surface area (Å²) < 4.78 is 2.48. The number of Topliss-reactive ketones (excluding diaryl/α,β-unsaturated/α-hetero) is 1. The number of aliphatic hydroxyl groups is 1. The average Bonchev–Trinajstić information content (AvgIpc) is 2.81. The van der Waals surface area contributed by atoms with Crippen LogP contribution < -0.4 is 21.9 Å². The van der Waals surface area contributed by atoms with Crippen molar-refractivity contribution in [3.05, 3.63) is 55.7 Å². The second-order valence-corrected chi connectivity index (χ2v) is 8.27. The molecule has 1 aromatic carbocycles. The number of hydrogen-bond acceptors (Lipinski definition) is 7. The number of nitrogens with zero attached hydrogens (tertiary/aromatic N) is 3. The standard InChI is InChI=1S/C23H34ClN5O4/c1-4-20(31)17-7-8-19(18(24)15-17)25-9-5-11-29(13-14-30)12-6-10-26-21-16-22(32)28(3)23(33)27(21)2/h7-8,15-16,25-26,30H,4-6,9-14H2,1-3H3. The van der Waals surface area contributed by atoms with E-state index in [1.54, 1.807) is 19.2 Å². The summed E-state index contributed by atoms with van der Waals surface area (Å²) in [6.07, 6.45) is 2.08. The number of aromatic nitrogens is 2. The minimum absolute atomic E-state index is 0.0644. The van der Waals surface area contributed by atoms with E-state index < -0.39 is 0 Å². The molecule has 182 valence electrons.